The summed E-state index contributed by atoms with van der Waals surface area (Å²) in [5, 5.41) is 3.10. The van der Waals surface area contributed by atoms with Crippen LogP contribution in [0.25, 0.3) is 0 Å². The predicted molar refractivity (Wildman–Crippen MR) is 59.8 cm³/mol. The number of rotatable bonds is 5. The minimum Gasteiger partial charge on any atom is -0.377 e. The third kappa shape index (κ3) is 3.80. The number of hydrogen-bond acceptors (Lipinski definition) is 3. The molecule has 0 aromatic heterocycles. The fraction of sp³-hybridized carbons (Fsp3) is 0.909. The van der Waals surface area contributed by atoms with E-state index in [9.17, 15) is 4.79 Å². The number of amides is 1. The lowest BCUT2D eigenvalue weighted by Crippen LogP contribution is -2.52. The number of carbonyl (C=O) groups excluding carboxylic acids is 1. The molecule has 1 fully saturated rings. The zero-order valence-electron chi connectivity index (χ0n) is 9.79. The van der Waals surface area contributed by atoms with Gasteiger partial charge >= 0.3 is 0 Å². The van der Waals surface area contributed by atoms with Crippen LogP contribution in [0, 0.1) is 0 Å². The van der Waals surface area contributed by atoms with Crippen LogP contribution in [0.1, 0.15) is 26.2 Å². The van der Waals surface area contributed by atoms with Crippen molar-refractivity contribution in [1.82, 2.24) is 10.2 Å². The molecule has 1 unspecified atom stereocenters. The van der Waals surface area contributed by atoms with E-state index in [0.717, 1.165) is 25.9 Å². The summed E-state index contributed by atoms with van der Waals surface area (Å²) < 4.78 is 5.39. The van der Waals surface area contributed by atoms with Gasteiger partial charge in [0.05, 0.1) is 19.3 Å². The average Bonchev–Trinajstić information content (AvgIpc) is 2.27. The molecule has 1 N–H and O–H groups in total. The van der Waals surface area contributed by atoms with Gasteiger partial charge in [-0.1, -0.05) is 13.3 Å². The summed E-state index contributed by atoms with van der Waals surface area (Å²) in [5.41, 5.74) is 0. The monoisotopic (exact) mass is 214 g/mol. The Morgan fingerprint density at radius 1 is 1.60 bits per heavy atom. The van der Waals surface area contributed by atoms with Gasteiger partial charge in [-0.15, -0.1) is 0 Å². The first kappa shape index (κ1) is 12.5. The Morgan fingerprint density at radius 3 is 3.07 bits per heavy atom. The van der Waals surface area contributed by atoms with Crippen LogP contribution in [0.3, 0.4) is 0 Å². The van der Waals surface area contributed by atoms with Gasteiger partial charge in [0.2, 0.25) is 5.91 Å². The molecule has 1 rings (SSSR count). The molecule has 1 aliphatic rings. The van der Waals surface area contributed by atoms with E-state index in [1.807, 2.05) is 11.9 Å². The highest BCUT2D eigenvalue weighted by atomic mass is 16.5. The highest BCUT2D eigenvalue weighted by molar-refractivity contribution is 5.76. The van der Waals surface area contributed by atoms with E-state index in [0.29, 0.717) is 19.6 Å². The largest absolute Gasteiger partial charge is 0.377 e. The molecule has 1 atom stereocenters. The molecule has 1 amide bonds. The van der Waals surface area contributed by atoms with Gasteiger partial charge < -0.3 is 15.0 Å². The van der Waals surface area contributed by atoms with E-state index < -0.39 is 0 Å². The van der Waals surface area contributed by atoms with Crippen molar-refractivity contribution in [2.24, 2.45) is 0 Å². The van der Waals surface area contributed by atoms with Crippen LogP contribution in [-0.4, -0.2) is 50.2 Å². The third-order valence-corrected chi connectivity index (χ3v) is 2.73. The van der Waals surface area contributed by atoms with Crippen LogP contribution in [0.5, 0.6) is 0 Å². The van der Waals surface area contributed by atoms with Crippen molar-refractivity contribution in [2.75, 3.05) is 33.4 Å². The van der Waals surface area contributed by atoms with Crippen molar-refractivity contribution in [1.29, 1.82) is 0 Å². The van der Waals surface area contributed by atoms with Crippen LogP contribution in [-0.2, 0) is 9.53 Å². The molecular formula is C11H22N2O2. The van der Waals surface area contributed by atoms with Crippen molar-refractivity contribution in [3.05, 3.63) is 0 Å². The second-order valence-electron chi connectivity index (χ2n) is 3.98. The van der Waals surface area contributed by atoms with Gasteiger partial charge in [0.1, 0.15) is 0 Å². The molecule has 1 saturated heterocycles. The Kier molecular flexibility index (Phi) is 5.65. The summed E-state index contributed by atoms with van der Waals surface area (Å²) >= 11 is 0. The van der Waals surface area contributed by atoms with E-state index in [2.05, 4.69) is 12.2 Å². The lowest BCUT2D eigenvalue weighted by Gasteiger charge is -2.35. The summed E-state index contributed by atoms with van der Waals surface area (Å²) in [6.07, 6.45) is 2.74. The Labute approximate surface area is 92.0 Å². The van der Waals surface area contributed by atoms with Crippen LogP contribution in [0.4, 0.5) is 0 Å². The second kappa shape index (κ2) is 6.80. The molecule has 88 valence electrons. The van der Waals surface area contributed by atoms with E-state index in [1.165, 1.54) is 0 Å². The molecule has 4 nitrogen and oxygen atoms in total. The summed E-state index contributed by atoms with van der Waals surface area (Å²) in [6.45, 7) is 5.02. The molecule has 4 heteroatoms. The van der Waals surface area contributed by atoms with E-state index in [-0.39, 0.29) is 11.9 Å². The van der Waals surface area contributed by atoms with Crippen molar-refractivity contribution in [3.63, 3.8) is 0 Å². The normalized spacial score (nSPS) is 21.7. The molecule has 0 bridgehead atoms. The number of morpholine rings is 1. The van der Waals surface area contributed by atoms with E-state index >= 15 is 0 Å². The van der Waals surface area contributed by atoms with Gasteiger partial charge in [-0.05, 0) is 13.5 Å². The quantitative estimate of drug-likeness (QED) is 0.729. The zero-order valence-corrected chi connectivity index (χ0v) is 9.79. The third-order valence-electron chi connectivity index (χ3n) is 2.73. The van der Waals surface area contributed by atoms with Crippen LogP contribution in [0.2, 0.25) is 0 Å². The average molecular weight is 214 g/mol. The van der Waals surface area contributed by atoms with Crippen molar-refractivity contribution >= 4 is 5.91 Å². The summed E-state index contributed by atoms with van der Waals surface area (Å²) in [4.78, 5) is 13.9. The molecule has 15 heavy (non-hydrogen) atoms. The first-order chi connectivity index (χ1) is 7.29. The van der Waals surface area contributed by atoms with Gasteiger partial charge in [-0.3, -0.25) is 4.79 Å². The maximum absolute atomic E-state index is 11.9. The highest BCUT2D eigenvalue weighted by Crippen LogP contribution is 2.09. The Bertz CT molecular complexity index is 195. The number of unbranched alkanes of at least 4 members (excludes halogenated alkanes) is 1. The molecule has 0 aliphatic carbocycles. The zero-order chi connectivity index (χ0) is 11.1. The van der Waals surface area contributed by atoms with Gasteiger partial charge in [0.15, 0.2) is 0 Å². The Hall–Kier alpha value is -0.610. The summed E-state index contributed by atoms with van der Waals surface area (Å²) in [5.74, 6) is 0.278. The second-order valence-corrected chi connectivity index (χ2v) is 3.98. The van der Waals surface area contributed by atoms with Crippen LogP contribution >= 0.6 is 0 Å². The number of likely N-dealkylation sites (N-methyl/N-ethyl adjacent to an activating group) is 1. The molecule has 1 aliphatic heterocycles. The molecule has 0 aromatic carbocycles. The smallest absolute Gasteiger partial charge is 0.223 e. The van der Waals surface area contributed by atoms with E-state index in [1.54, 1.807) is 0 Å². The maximum Gasteiger partial charge on any atom is 0.223 e. The number of ether oxygens (including phenoxy) is 1. The molecular weight excluding hydrogens is 192 g/mol. The summed E-state index contributed by atoms with van der Waals surface area (Å²) in [7, 11) is 1.91. The first-order valence-electron chi connectivity index (χ1n) is 5.81. The lowest BCUT2D eigenvalue weighted by atomic mass is 10.1. The Balaban J connectivity index is 2.43. The lowest BCUT2D eigenvalue weighted by molar-refractivity contribution is -0.139. The molecule has 0 saturated carbocycles. The predicted octanol–water partition coefficient (Wildman–Crippen LogP) is 0.623. The summed E-state index contributed by atoms with van der Waals surface area (Å²) in [6, 6.07) is 0.216. The molecule has 1 heterocycles. The van der Waals surface area contributed by atoms with Crippen molar-refractivity contribution in [3.8, 4) is 0 Å². The SMILES string of the molecule is CCCCC(=O)N1CCOCC1CNC. The maximum atomic E-state index is 11.9. The minimum atomic E-state index is 0.216. The molecule has 0 radical (unpaired) electrons. The number of hydrogen-bond donors (Lipinski definition) is 1. The first-order valence-corrected chi connectivity index (χ1v) is 5.81. The van der Waals surface area contributed by atoms with E-state index in [4.69, 9.17) is 4.74 Å². The van der Waals surface area contributed by atoms with Crippen molar-refractivity contribution in [2.45, 2.75) is 32.2 Å². The van der Waals surface area contributed by atoms with Gasteiger partial charge in [-0.25, -0.2) is 0 Å². The molecule has 0 aromatic rings. The van der Waals surface area contributed by atoms with Crippen LogP contribution < -0.4 is 5.32 Å². The van der Waals surface area contributed by atoms with Gasteiger partial charge in [0.25, 0.3) is 0 Å². The number of nitrogens with one attached hydrogen (secondary N) is 1. The molecule has 0 spiro atoms. The fourth-order valence-electron chi connectivity index (χ4n) is 1.86. The highest BCUT2D eigenvalue weighted by Gasteiger charge is 2.25. The number of nitrogens with zero attached hydrogens (tertiary/aromatic N) is 1. The minimum absolute atomic E-state index is 0.216. The van der Waals surface area contributed by atoms with Gasteiger partial charge in [-0.2, -0.15) is 0 Å². The Morgan fingerprint density at radius 2 is 2.40 bits per heavy atom. The van der Waals surface area contributed by atoms with Gasteiger partial charge in [0, 0.05) is 19.5 Å². The topological polar surface area (TPSA) is 41.6 Å². The standard InChI is InChI=1S/C11H22N2O2/c1-3-4-5-11(14)13-6-7-15-9-10(13)8-12-2/h10,12H,3-9H2,1-2H3. The fourth-order valence-corrected chi connectivity index (χ4v) is 1.86. The van der Waals surface area contributed by atoms with Crippen LogP contribution in [0.15, 0.2) is 0 Å². The van der Waals surface area contributed by atoms with Crippen molar-refractivity contribution < 1.29 is 9.53 Å². The number of carbonyl (C=O) groups is 1.